The number of nitrogens with two attached hydrogens (primary N) is 2. The number of thiol groups is 1. The van der Waals surface area contributed by atoms with Crippen molar-refractivity contribution in [3.05, 3.63) is 35.3 Å². The summed E-state index contributed by atoms with van der Waals surface area (Å²) in [6.45, 7) is -4.07. The van der Waals surface area contributed by atoms with E-state index in [1.165, 1.54) is 12.7 Å². The van der Waals surface area contributed by atoms with Crippen LogP contribution in [0.5, 0.6) is 0 Å². The van der Waals surface area contributed by atoms with Gasteiger partial charge in [-0.05, 0) is 25.3 Å². The molecule has 14 nitrogen and oxygen atoms in total. The number of nitrogens with zero attached hydrogens (tertiary/aromatic N) is 6. The minimum absolute atomic E-state index is 0.0186. The zero-order valence-corrected chi connectivity index (χ0v) is 23.3. The van der Waals surface area contributed by atoms with Crippen molar-refractivity contribution in [1.29, 1.82) is 0 Å². The van der Waals surface area contributed by atoms with E-state index in [4.69, 9.17) is 25.3 Å². The lowest BCUT2D eigenvalue weighted by Gasteiger charge is -2.25. The first kappa shape index (κ1) is 26.2. The average molecular weight is 610 g/mol. The number of hydrogen-bond acceptors (Lipinski definition) is 12. The highest BCUT2D eigenvalue weighted by atomic mass is 32.7. The molecule has 4 aromatic heterocycles. The minimum atomic E-state index is -3.90. The number of imidazole rings is 1. The van der Waals surface area contributed by atoms with Crippen LogP contribution in [0.2, 0.25) is 0 Å². The highest BCUT2D eigenvalue weighted by Crippen LogP contribution is 2.60. The molecule has 0 spiro atoms. The Labute approximate surface area is 235 Å². The fourth-order valence-electron chi connectivity index (χ4n) is 5.81. The second-order valence-electron chi connectivity index (χ2n) is 10.0. The second-order valence-corrected chi connectivity index (χ2v) is 14.3. The van der Waals surface area contributed by atoms with Crippen LogP contribution >= 0.6 is 30.8 Å². The van der Waals surface area contributed by atoms with E-state index in [0.717, 1.165) is 0 Å². The Bertz CT molecular complexity index is 1720. The summed E-state index contributed by atoms with van der Waals surface area (Å²) >= 11 is 5.77. The number of hydrogen-bond donors (Lipinski definition) is 4. The highest BCUT2D eigenvalue weighted by Gasteiger charge is 2.49. The minimum Gasteiger partial charge on any atom is -0.383 e. The summed E-state index contributed by atoms with van der Waals surface area (Å²) in [6, 6.07) is 1.72. The van der Waals surface area contributed by atoms with Gasteiger partial charge in [0, 0.05) is 17.4 Å². The number of aromatic amines is 1. The summed E-state index contributed by atoms with van der Waals surface area (Å²) in [5.41, 5.74) is 12.1. The van der Waals surface area contributed by atoms with Crippen LogP contribution in [0.15, 0.2) is 29.7 Å². The van der Waals surface area contributed by atoms with E-state index in [1.54, 1.807) is 33.2 Å². The zero-order chi connectivity index (χ0) is 27.8. The number of ether oxygens (including phenoxy) is 1. The summed E-state index contributed by atoms with van der Waals surface area (Å²) in [6.07, 6.45) is 2.46. The fourth-order valence-corrected chi connectivity index (χ4v) is 8.99. The number of aromatic nitrogens is 7. The van der Waals surface area contributed by atoms with Gasteiger partial charge in [0.15, 0.2) is 23.6 Å². The van der Waals surface area contributed by atoms with Crippen molar-refractivity contribution < 1.29 is 22.7 Å². The maximum absolute atomic E-state index is 16.1. The quantitative estimate of drug-likeness (QED) is 0.192. The molecule has 8 atom stereocenters. The molecule has 0 aliphatic carbocycles. The number of nitrogen functional groups attached to an aromatic ring is 2. The van der Waals surface area contributed by atoms with E-state index in [1.807, 2.05) is 0 Å². The number of anilines is 2. The van der Waals surface area contributed by atoms with E-state index >= 15 is 4.39 Å². The number of nitrogens with one attached hydrogen (secondary N) is 1. The van der Waals surface area contributed by atoms with Gasteiger partial charge in [0.05, 0.1) is 30.5 Å². The molecule has 2 bridgehead atoms. The van der Waals surface area contributed by atoms with Crippen molar-refractivity contribution in [2.75, 3.05) is 18.1 Å². The molecule has 7 rings (SSSR count). The molecule has 7 heterocycles. The van der Waals surface area contributed by atoms with Crippen molar-refractivity contribution >= 4 is 64.8 Å². The van der Waals surface area contributed by atoms with Crippen molar-refractivity contribution in [3.63, 3.8) is 0 Å². The van der Waals surface area contributed by atoms with Crippen LogP contribution in [0, 0.1) is 5.92 Å². The molecule has 40 heavy (non-hydrogen) atoms. The lowest BCUT2D eigenvalue weighted by Crippen LogP contribution is -2.27. The lowest BCUT2D eigenvalue weighted by molar-refractivity contribution is -0.0360. The third-order valence-corrected chi connectivity index (χ3v) is 10.9. The molecular formula is C22H25FN9O5PS2. The number of rotatable bonds is 2. The van der Waals surface area contributed by atoms with Gasteiger partial charge in [0.25, 0.3) is 5.56 Å². The highest BCUT2D eigenvalue weighted by molar-refractivity contribution is 8.44. The maximum Gasteiger partial charge on any atom is 0.386 e. The smallest absolute Gasteiger partial charge is 0.383 e. The number of fused-ring (bicyclic) bond motifs is 5. The van der Waals surface area contributed by atoms with E-state index in [9.17, 15) is 9.36 Å². The van der Waals surface area contributed by atoms with Crippen molar-refractivity contribution in [3.8, 4) is 0 Å². The van der Waals surface area contributed by atoms with Crippen LogP contribution in [-0.4, -0.2) is 64.3 Å². The van der Waals surface area contributed by atoms with Crippen LogP contribution in [0.3, 0.4) is 0 Å². The predicted octanol–water partition coefficient (Wildman–Crippen LogP) is 2.82. The molecule has 212 valence electrons. The summed E-state index contributed by atoms with van der Waals surface area (Å²) in [5.74, 6) is -0.297. The standard InChI is InChI=1S/C22H25FN9O5PS2/c23-14-10-2-1-9-5-12(21(40-9)32-8-28-15-18(32)29-22(25)30-19(15)33)37-38(34,39)35-6-13(10)36-20(14)31-4-3-11-16(24)26-7-27-17(11)31/h3-4,7-10,12-14,20-21H,1-2,5-6H2,(H,34,39)(H2,24,26,27)(H3,25,29,30,33)/t9?,10?,12-,13-,14+,20-,21-,38?/m1/s1. The van der Waals surface area contributed by atoms with Crippen LogP contribution in [0.4, 0.5) is 16.2 Å². The van der Waals surface area contributed by atoms with E-state index in [0.29, 0.717) is 36.1 Å². The molecular weight excluding hydrogens is 584 g/mol. The first-order valence-corrected chi connectivity index (χ1v) is 16.2. The van der Waals surface area contributed by atoms with Crippen LogP contribution in [0.1, 0.15) is 30.9 Å². The second kappa shape index (κ2) is 9.70. The lowest BCUT2D eigenvalue weighted by atomic mass is 9.92. The molecule has 18 heteroatoms. The van der Waals surface area contributed by atoms with E-state index in [-0.39, 0.29) is 29.0 Å². The van der Waals surface area contributed by atoms with E-state index < -0.39 is 48.3 Å². The SMILES string of the molecule is Nc1nc2c(ncn2[C@@H]2SC3CCC4[C@@H](COP(=O)(S)O[C@@H]2C3)O[C@@H](n2ccc3c(N)ncnc32)[C@H]4F)c(=O)[nH]1. The van der Waals surface area contributed by atoms with Gasteiger partial charge in [-0.2, -0.15) is 4.98 Å². The number of alkyl halides is 1. The monoisotopic (exact) mass is 609 g/mol. The predicted molar refractivity (Wildman–Crippen MR) is 148 cm³/mol. The maximum atomic E-state index is 16.1. The van der Waals surface area contributed by atoms with Crippen LogP contribution < -0.4 is 17.0 Å². The van der Waals surface area contributed by atoms with Crippen LogP contribution in [0.25, 0.3) is 22.2 Å². The Hall–Kier alpha value is -2.69. The number of halogens is 1. The molecule has 0 radical (unpaired) electrons. The van der Waals surface area contributed by atoms with Gasteiger partial charge in [-0.1, -0.05) is 12.2 Å². The zero-order valence-electron chi connectivity index (χ0n) is 20.7. The molecule has 0 aromatic carbocycles. The molecule has 0 amide bonds. The third-order valence-electron chi connectivity index (χ3n) is 7.65. The molecule has 5 N–H and O–H groups in total. The van der Waals surface area contributed by atoms with Gasteiger partial charge in [0.2, 0.25) is 5.95 Å². The molecule has 3 fully saturated rings. The molecule has 3 aliphatic rings. The van der Waals surface area contributed by atoms with Crippen LogP contribution in [-0.2, 0) is 18.3 Å². The molecule has 3 unspecified atom stereocenters. The van der Waals surface area contributed by atoms with Crippen molar-refractivity contribution in [1.82, 2.24) is 34.1 Å². The summed E-state index contributed by atoms with van der Waals surface area (Å²) in [4.78, 5) is 31.4. The van der Waals surface area contributed by atoms with Gasteiger partial charge >= 0.3 is 6.80 Å². The summed E-state index contributed by atoms with van der Waals surface area (Å²) in [5, 5.41) is 0.181. The molecule has 3 aliphatic heterocycles. The van der Waals surface area contributed by atoms with Gasteiger partial charge in [-0.25, -0.2) is 23.9 Å². The molecule has 0 saturated carbocycles. The van der Waals surface area contributed by atoms with E-state index in [2.05, 4.69) is 37.2 Å². The van der Waals surface area contributed by atoms with Gasteiger partial charge in [-0.15, -0.1) is 11.8 Å². The number of thioether (sulfide) groups is 1. The van der Waals surface area contributed by atoms with Gasteiger partial charge in [-0.3, -0.25) is 23.4 Å². The topological polar surface area (TPSA) is 191 Å². The summed E-state index contributed by atoms with van der Waals surface area (Å²) in [7, 11) is 0. The van der Waals surface area contributed by atoms with Crippen molar-refractivity contribution in [2.24, 2.45) is 5.92 Å². The molecule has 3 saturated heterocycles. The summed E-state index contributed by atoms with van der Waals surface area (Å²) < 4.78 is 50.5. The van der Waals surface area contributed by atoms with Crippen molar-refractivity contribution in [2.45, 2.75) is 54.5 Å². The first-order chi connectivity index (χ1) is 19.2. The Morgan fingerprint density at radius 1 is 1.18 bits per heavy atom. The normalized spacial score (nSPS) is 34.7. The Kier molecular flexibility index (Phi) is 6.36. The fraction of sp³-hybridized carbons (Fsp3) is 0.500. The average Bonchev–Trinajstić information content (AvgIpc) is 3.66. The van der Waals surface area contributed by atoms with Gasteiger partial charge in [0.1, 0.15) is 23.2 Å². The Morgan fingerprint density at radius 2 is 2.02 bits per heavy atom. The largest absolute Gasteiger partial charge is 0.386 e. The third kappa shape index (κ3) is 4.39. The molecule has 4 aromatic rings. The number of H-pyrrole nitrogens is 1. The Balaban J connectivity index is 1.18. The van der Waals surface area contributed by atoms with Gasteiger partial charge < -0.3 is 20.8 Å². The Morgan fingerprint density at radius 3 is 2.88 bits per heavy atom. The first-order valence-electron chi connectivity index (χ1n) is 12.6.